The minimum atomic E-state index is -1.23. The van der Waals surface area contributed by atoms with Crippen LogP contribution in [0.2, 0.25) is 0 Å². The molecule has 0 saturated heterocycles. The van der Waals surface area contributed by atoms with Gasteiger partial charge < -0.3 is 10.4 Å². The number of aromatic carboxylic acids is 1. The molecule has 0 atom stereocenters. The molecule has 2 rings (SSSR count). The van der Waals surface area contributed by atoms with Crippen molar-refractivity contribution in [1.82, 2.24) is 0 Å². The summed E-state index contributed by atoms with van der Waals surface area (Å²) >= 11 is 0. The lowest BCUT2D eigenvalue weighted by atomic mass is 10.1. The SMILES string of the molecule is Cc1ccc([N+](=O)[O-])cc1Nc1ccc(C(=O)O)cc1F. The number of nitrogens with zero attached hydrogens (tertiary/aromatic N) is 1. The predicted octanol–water partition coefficient (Wildman–Crippen LogP) is 3.48. The zero-order chi connectivity index (χ0) is 15.6. The molecule has 0 aliphatic carbocycles. The van der Waals surface area contributed by atoms with Crippen LogP contribution in [0.15, 0.2) is 36.4 Å². The van der Waals surface area contributed by atoms with Crippen molar-refractivity contribution in [1.29, 1.82) is 0 Å². The van der Waals surface area contributed by atoms with E-state index in [2.05, 4.69) is 5.32 Å². The Morgan fingerprint density at radius 2 is 1.95 bits per heavy atom. The van der Waals surface area contributed by atoms with E-state index in [1.807, 2.05) is 0 Å². The molecule has 2 N–H and O–H groups in total. The summed E-state index contributed by atoms with van der Waals surface area (Å²) in [6.07, 6.45) is 0. The average molecular weight is 290 g/mol. The molecule has 0 amide bonds. The molecule has 108 valence electrons. The van der Waals surface area contributed by atoms with Crippen molar-refractivity contribution < 1.29 is 19.2 Å². The molecule has 0 aliphatic heterocycles. The van der Waals surface area contributed by atoms with E-state index in [0.29, 0.717) is 11.3 Å². The number of carboxylic acids is 1. The van der Waals surface area contributed by atoms with Crippen molar-refractivity contribution in [2.45, 2.75) is 6.92 Å². The predicted molar refractivity (Wildman–Crippen MR) is 74.5 cm³/mol. The van der Waals surface area contributed by atoms with E-state index in [9.17, 15) is 19.3 Å². The lowest BCUT2D eigenvalue weighted by Crippen LogP contribution is -2.01. The number of hydrogen-bond acceptors (Lipinski definition) is 4. The smallest absolute Gasteiger partial charge is 0.335 e. The quantitative estimate of drug-likeness (QED) is 0.664. The first-order chi connectivity index (χ1) is 9.88. The molecule has 0 unspecified atom stereocenters. The summed E-state index contributed by atoms with van der Waals surface area (Å²) in [6.45, 7) is 1.72. The van der Waals surface area contributed by atoms with Crippen molar-refractivity contribution in [2.24, 2.45) is 0 Å². The Kier molecular flexibility index (Phi) is 3.84. The number of nitro groups is 1. The van der Waals surface area contributed by atoms with Crippen LogP contribution in [-0.4, -0.2) is 16.0 Å². The number of aryl methyl sites for hydroxylation is 1. The van der Waals surface area contributed by atoms with Gasteiger partial charge in [0.15, 0.2) is 0 Å². The van der Waals surface area contributed by atoms with E-state index >= 15 is 0 Å². The third-order valence-electron chi connectivity index (χ3n) is 2.92. The van der Waals surface area contributed by atoms with Gasteiger partial charge in [-0.15, -0.1) is 0 Å². The molecule has 0 aromatic heterocycles. The second-order valence-electron chi connectivity index (χ2n) is 4.38. The minimum absolute atomic E-state index is 0.0450. The summed E-state index contributed by atoms with van der Waals surface area (Å²) in [5.74, 6) is -1.98. The molecule has 0 saturated carbocycles. The van der Waals surface area contributed by atoms with Crippen molar-refractivity contribution >= 4 is 23.0 Å². The number of nitrogens with one attached hydrogen (secondary N) is 1. The van der Waals surface area contributed by atoms with Gasteiger partial charge in [0, 0.05) is 17.8 Å². The number of carbonyl (C=O) groups is 1. The number of halogens is 1. The third kappa shape index (κ3) is 3.14. The van der Waals surface area contributed by atoms with Gasteiger partial charge in [-0.1, -0.05) is 6.07 Å². The van der Waals surface area contributed by atoms with Crippen LogP contribution in [0.25, 0.3) is 0 Å². The highest BCUT2D eigenvalue weighted by molar-refractivity contribution is 5.88. The zero-order valence-electron chi connectivity index (χ0n) is 11.0. The molecular weight excluding hydrogens is 279 g/mol. The van der Waals surface area contributed by atoms with Crippen molar-refractivity contribution in [2.75, 3.05) is 5.32 Å². The van der Waals surface area contributed by atoms with E-state index in [-0.39, 0.29) is 16.9 Å². The van der Waals surface area contributed by atoms with E-state index in [4.69, 9.17) is 5.11 Å². The summed E-state index contributed by atoms with van der Waals surface area (Å²) in [4.78, 5) is 20.9. The van der Waals surface area contributed by atoms with Crippen molar-refractivity contribution in [3.63, 3.8) is 0 Å². The molecule has 0 fully saturated rings. The van der Waals surface area contributed by atoms with Gasteiger partial charge >= 0.3 is 5.97 Å². The molecule has 2 aromatic rings. The van der Waals surface area contributed by atoms with Crippen LogP contribution in [0, 0.1) is 22.9 Å². The summed E-state index contributed by atoms with van der Waals surface area (Å²) in [7, 11) is 0. The third-order valence-corrected chi connectivity index (χ3v) is 2.92. The maximum atomic E-state index is 13.8. The van der Waals surface area contributed by atoms with Crippen LogP contribution >= 0.6 is 0 Å². The molecule has 7 heteroatoms. The standard InChI is InChI=1S/C14H11FN2O4/c1-8-2-4-10(17(20)21)7-13(8)16-12-5-3-9(14(18)19)6-11(12)15/h2-7,16H,1H3,(H,18,19). The van der Waals surface area contributed by atoms with E-state index in [1.54, 1.807) is 13.0 Å². The summed E-state index contributed by atoms with van der Waals surface area (Å²) < 4.78 is 13.8. The highest BCUT2D eigenvalue weighted by Gasteiger charge is 2.12. The molecule has 0 bridgehead atoms. The van der Waals surface area contributed by atoms with Crippen LogP contribution < -0.4 is 5.32 Å². The van der Waals surface area contributed by atoms with Gasteiger partial charge in [0.1, 0.15) is 5.82 Å². The fraction of sp³-hybridized carbons (Fsp3) is 0.0714. The lowest BCUT2D eigenvalue weighted by molar-refractivity contribution is -0.384. The Balaban J connectivity index is 2.36. The van der Waals surface area contributed by atoms with Gasteiger partial charge in [-0.05, 0) is 30.7 Å². The zero-order valence-corrected chi connectivity index (χ0v) is 11.0. The maximum Gasteiger partial charge on any atom is 0.335 e. The summed E-state index contributed by atoms with van der Waals surface area (Å²) in [5.41, 5.74) is 0.830. The van der Waals surface area contributed by atoms with E-state index < -0.39 is 16.7 Å². The van der Waals surface area contributed by atoms with Crippen LogP contribution in [0.4, 0.5) is 21.5 Å². The molecule has 0 radical (unpaired) electrons. The first-order valence-electron chi connectivity index (χ1n) is 5.93. The van der Waals surface area contributed by atoms with Gasteiger partial charge in [-0.2, -0.15) is 0 Å². The van der Waals surface area contributed by atoms with Gasteiger partial charge in [0.2, 0.25) is 0 Å². The van der Waals surface area contributed by atoms with Crippen LogP contribution in [0.3, 0.4) is 0 Å². The Morgan fingerprint density at radius 1 is 1.24 bits per heavy atom. The summed E-state index contributed by atoms with van der Waals surface area (Å²) in [6, 6.07) is 7.60. The van der Waals surface area contributed by atoms with E-state index in [1.165, 1.54) is 24.3 Å². The Bertz CT molecular complexity index is 731. The Hall–Kier alpha value is -2.96. The van der Waals surface area contributed by atoms with E-state index in [0.717, 1.165) is 6.07 Å². The molecule has 21 heavy (non-hydrogen) atoms. The fourth-order valence-electron chi connectivity index (χ4n) is 1.75. The van der Waals surface area contributed by atoms with Gasteiger partial charge in [0.25, 0.3) is 5.69 Å². The second kappa shape index (κ2) is 5.58. The van der Waals surface area contributed by atoms with Gasteiger partial charge in [-0.25, -0.2) is 9.18 Å². The van der Waals surface area contributed by atoms with Crippen molar-refractivity contribution in [3.05, 3.63) is 63.5 Å². The number of benzene rings is 2. The first-order valence-corrected chi connectivity index (χ1v) is 5.93. The number of carboxylic acid groups (broad SMARTS) is 1. The molecule has 2 aromatic carbocycles. The number of hydrogen-bond donors (Lipinski definition) is 2. The first kappa shape index (κ1) is 14.4. The number of nitro benzene ring substituents is 1. The highest BCUT2D eigenvalue weighted by atomic mass is 19.1. The number of anilines is 2. The average Bonchev–Trinajstić information content (AvgIpc) is 2.42. The van der Waals surface area contributed by atoms with Crippen LogP contribution in [-0.2, 0) is 0 Å². The molecule has 0 heterocycles. The fourth-order valence-corrected chi connectivity index (χ4v) is 1.75. The normalized spacial score (nSPS) is 10.2. The topological polar surface area (TPSA) is 92.5 Å². The largest absolute Gasteiger partial charge is 0.478 e. The monoisotopic (exact) mass is 290 g/mol. The van der Waals surface area contributed by atoms with Crippen LogP contribution in [0.5, 0.6) is 0 Å². The minimum Gasteiger partial charge on any atom is -0.478 e. The molecule has 0 spiro atoms. The Labute approximate surface area is 119 Å². The summed E-state index contributed by atoms with van der Waals surface area (Å²) in [5, 5.41) is 22.2. The van der Waals surface area contributed by atoms with Crippen LogP contribution in [0.1, 0.15) is 15.9 Å². The number of rotatable bonds is 4. The Morgan fingerprint density at radius 3 is 2.52 bits per heavy atom. The molecule has 6 nitrogen and oxygen atoms in total. The molecule has 0 aliphatic rings. The number of non-ortho nitro benzene ring substituents is 1. The lowest BCUT2D eigenvalue weighted by Gasteiger charge is -2.10. The maximum absolute atomic E-state index is 13.8. The van der Waals surface area contributed by atoms with Crippen molar-refractivity contribution in [3.8, 4) is 0 Å². The van der Waals surface area contributed by atoms with Gasteiger partial charge in [0.05, 0.1) is 16.2 Å². The highest BCUT2D eigenvalue weighted by Crippen LogP contribution is 2.27. The van der Waals surface area contributed by atoms with Gasteiger partial charge in [-0.3, -0.25) is 10.1 Å². The second-order valence-corrected chi connectivity index (χ2v) is 4.38. The molecular formula is C14H11FN2O4.